The lowest BCUT2D eigenvalue weighted by Crippen LogP contribution is -2.32. The van der Waals surface area contributed by atoms with Crippen molar-refractivity contribution in [3.63, 3.8) is 0 Å². The minimum Gasteiger partial charge on any atom is -0.390 e. The van der Waals surface area contributed by atoms with Crippen LogP contribution in [0.1, 0.15) is 26.2 Å². The van der Waals surface area contributed by atoms with E-state index < -0.39 is 5.60 Å². The van der Waals surface area contributed by atoms with E-state index in [9.17, 15) is 9.90 Å². The normalized spacial score (nSPS) is 29.2. The molecule has 0 aromatic rings. The number of likely N-dealkylation sites (tertiary alicyclic amines) is 1. The summed E-state index contributed by atoms with van der Waals surface area (Å²) in [5.41, 5.74) is -0.635. The van der Waals surface area contributed by atoms with Crippen LogP contribution in [0.4, 0.5) is 0 Å². The van der Waals surface area contributed by atoms with Crippen molar-refractivity contribution in [3.05, 3.63) is 0 Å². The number of hydrogen-bond acceptors (Lipinski definition) is 2. The average molecular weight is 181 g/mol. The first kappa shape index (κ1) is 10.1. The molecular formula is C10H15NO2. The number of carbonyl (C=O) groups excluding carboxylic acids is 1. The fraction of sp³-hybridized carbons (Fsp3) is 0.700. The fourth-order valence-corrected chi connectivity index (χ4v) is 1.56. The Kier molecular flexibility index (Phi) is 2.94. The molecule has 1 atom stereocenters. The molecule has 72 valence electrons. The Morgan fingerprint density at radius 3 is 2.85 bits per heavy atom. The molecule has 1 rings (SSSR count). The molecule has 1 heterocycles. The van der Waals surface area contributed by atoms with Crippen molar-refractivity contribution in [1.29, 1.82) is 0 Å². The molecule has 1 unspecified atom stereocenters. The summed E-state index contributed by atoms with van der Waals surface area (Å²) in [5.74, 6) is 1.83. The predicted octanol–water partition coefficient (Wildman–Crippen LogP) is 0.383. The lowest BCUT2D eigenvalue weighted by atomic mass is 9.98. The highest BCUT2D eigenvalue weighted by Gasteiger charge is 2.26. The molecule has 1 saturated heterocycles. The first-order chi connectivity index (χ1) is 6.05. The molecule has 0 saturated carbocycles. The molecule has 0 aromatic heterocycles. The van der Waals surface area contributed by atoms with Crippen molar-refractivity contribution < 1.29 is 9.90 Å². The number of hydrogen-bond donors (Lipinski definition) is 1. The number of nitrogens with zero attached hydrogens (tertiary/aromatic N) is 1. The molecule has 0 radical (unpaired) electrons. The van der Waals surface area contributed by atoms with Gasteiger partial charge in [0.2, 0.25) is 0 Å². The van der Waals surface area contributed by atoms with E-state index in [0.717, 1.165) is 12.8 Å². The lowest BCUT2D eigenvalue weighted by molar-refractivity contribution is -0.125. The maximum atomic E-state index is 11.1. The SMILES string of the molecule is C#CC(=O)N1CCCC(C)(O)CC1. The van der Waals surface area contributed by atoms with Gasteiger partial charge in [0.25, 0.3) is 5.91 Å². The topological polar surface area (TPSA) is 40.5 Å². The first-order valence-corrected chi connectivity index (χ1v) is 4.53. The van der Waals surface area contributed by atoms with Gasteiger partial charge in [-0.3, -0.25) is 4.79 Å². The van der Waals surface area contributed by atoms with Gasteiger partial charge in [-0.15, -0.1) is 6.42 Å². The van der Waals surface area contributed by atoms with E-state index >= 15 is 0 Å². The van der Waals surface area contributed by atoms with Crippen LogP contribution in [0.15, 0.2) is 0 Å². The molecule has 0 aromatic carbocycles. The summed E-state index contributed by atoms with van der Waals surface area (Å²) in [7, 11) is 0. The van der Waals surface area contributed by atoms with Crippen LogP contribution < -0.4 is 0 Å². The molecule has 0 spiro atoms. The molecule has 0 bridgehead atoms. The van der Waals surface area contributed by atoms with Crippen molar-refractivity contribution in [2.45, 2.75) is 31.8 Å². The molecule has 3 nitrogen and oxygen atoms in total. The van der Waals surface area contributed by atoms with E-state index in [1.165, 1.54) is 0 Å². The van der Waals surface area contributed by atoms with Gasteiger partial charge in [0, 0.05) is 13.1 Å². The van der Waals surface area contributed by atoms with Crippen LogP contribution in [0.25, 0.3) is 0 Å². The Morgan fingerprint density at radius 1 is 1.54 bits per heavy atom. The van der Waals surface area contributed by atoms with Crippen molar-refractivity contribution >= 4 is 5.91 Å². The summed E-state index contributed by atoms with van der Waals surface area (Å²) >= 11 is 0. The zero-order valence-corrected chi connectivity index (χ0v) is 7.92. The van der Waals surface area contributed by atoms with Crippen molar-refractivity contribution in [2.24, 2.45) is 0 Å². The van der Waals surface area contributed by atoms with E-state index in [4.69, 9.17) is 6.42 Å². The molecule has 1 aliphatic rings. The van der Waals surface area contributed by atoms with Crippen LogP contribution in [0.3, 0.4) is 0 Å². The zero-order chi connectivity index (χ0) is 9.90. The summed E-state index contributed by atoms with van der Waals surface area (Å²) < 4.78 is 0. The van der Waals surface area contributed by atoms with Crippen LogP contribution >= 0.6 is 0 Å². The van der Waals surface area contributed by atoms with Crippen LogP contribution in [0, 0.1) is 12.3 Å². The van der Waals surface area contributed by atoms with Crippen LogP contribution in [-0.2, 0) is 4.79 Å². The molecule has 1 N–H and O–H groups in total. The van der Waals surface area contributed by atoms with Crippen LogP contribution in [0.2, 0.25) is 0 Å². The Balaban J connectivity index is 2.56. The number of aliphatic hydroxyl groups is 1. The highest BCUT2D eigenvalue weighted by molar-refractivity contribution is 5.92. The number of rotatable bonds is 0. The van der Waals surface area contributed by atoms with Gasteiger partial charge >= 0.3 is 0 Å². The highest BCUT2D eigenvalue weighted by atomic mass is 16.3. The van der Waals surface area contributed by atoms with Gasteiger partial charge in [-0.1, -0.05) is 0 Å². The van der Waals surface area contributed by atoms with Gasteiger partial charge in [0.1, 0.15) is 0 Å². The Morgan fingerprint density at radius 2 is 2.23 bits per heavy atom. The molecule has 3 heteroatoms. The van der Waals surface area contributed by atoms with Crippen molar-refractivity contribution in [3.8, 4) is 12.3 Å². The second kappa shape index (κ2) is 3.80. The quantitative estimate of drug-likeness (QED) is 0.549. The molecule has 1 aliphatic heterocycles. The van der Waals surface area contributed by atoms with Gasteiger partial charge < -0.3 is 10.0 Å². The largest absolute Gasteiger partial charge is 0.390 e. The summed E-state index contributed by atoms with van der Waals surface area (Å²) in [6, 6.07) is 0. The Bertz CT molecular complexity index is 240. The van der Waals surface area contributed by atoms with E-state index in [-0.39, 0.29) is 5.91 Å². The van der Waals surface area contributed by atoms with Crippen molar-refractivity contribution in [1.82, 2.24) is 4.90 Å². The van der Waals surface area contributed by atoms with Crippen molar-refractivity contribution in [2.75, 3.05) is 13.1 Å². The second-order valence-electron chi connectivity index (χ2n) is 3.79. The minimum atomic E-state index is -0.635. The standard InChI is InChI=1S/C10H15NO2/c1-3-9(12)11-7-4-5-10(2,13)6-8-11/h1,13H,4-8H2,2H3. The van der Waals surface area contributed by atoms with Gasteiger partial charge in [-0.25, -0.2) is 0 Å². The summed E-state index contributed by atoms with van der Waals surface area (Å²) in [6.07, 6.45) is 7.19. The van der Waals surface area contributed by atoms with E-state index in [1.54, 1.807) is 11.8 Å². The number of carbonyl (C=O) groups is 1. The van der Waals surface area contributed by atoms with E-state index in [1.807, 2.05) is 0 Å². The Hall–Kier alpha value is -1.01. The maximum absolute atomic E-state index is 11.1. The third-order valence-electron chi connectivity index (χ3n) is 2.47. The first-order valence-electron chi connectivity index (χ1n) is 4.53. The molecular weight excluding hydrogens is 166 g/mol. The maximum Gasteiger partial charge on any atom is 0.298 e. The van der Waals surface area contributed by atoms with Crippen LogP contribution in [-0.4, -0.2) is 34.6 Å². The molecule has 13 heavy (non-hydrogen) atoms. The number of terminal acetylenes is 1. The third-order valence-corrected chi connectivity index (χ3v) is 2.47. The smallest absolute Gasteiger partial charge is 0.298 e. The summed E-state index contributed by atoms with van der Waals surface area (Å²) in [4.78, 5) is 12.8. The van der Waals surface area contributed by atoms with E-state index in [2.05, 4.69) is 5.92 Å². The third kappa shape index (κ3) is 2.74. The zero-order valence-electron chi connectivity index (χ0n) is 7.92. The number of amides is 1. The summed E-state index contributed by atoms with van der Waals surface area (Å²) in [5, 5.41) is 9.74. The Labute approximate surface area is 78.7 Å². The second-order valence-corrected chi connectivity index (χ2v) is 3.79. The summed E-state index contributed by atoms with van der Waals surface area (Å²) in [6.45, 7) is 3.03. The minimum absolute atomic E-state index is 0.266. The van der Waals surface area contributed by atoms with Gasteiger partial charge in [0.15, 0.2) is 0 Å². The average Bonchev–Trinajstić information content (AvgIpc) is 2.25. The monoisotopic (exact) mass is 181 g/mol. The van der Waals surface area contributed by atoms with Crippen LogP contribution in [0.5, 0.6) is 0 Å². The lowest BCUT2D eigenvalue weighted by Gasteiger charge is -2.21. The van der Waals surface area contributed by atoms with Gasteiger partial charge in [-0.2, -0.15) is 0 Å². The van der Waals surface area contributed by atoms with E-state index in [0.29, 0.717) is 19.5 Å². The predicted molar refractivity (Wildman–Crippen MR) is 49.9 cm³/mol. The van der Waals surface area contributed by atoms with Gasteiger partial charge in [-0.05, 0) is 32.1 Å². The fourth-order valence-electron chi connectivity index (χ4n) is 1.56. The van der Waals surface area contributed by atoms with Gasteiger partial charge in [0.05, 0.1) is 5.60 Å². The molecule has 1 amide bonds. The molecule has 0 aliphatic carbocycles. The molecule has 1 fully saturated rings. The highest BCUT2D eigenvalue weighted by Crippen LogP contribution is 2.21.